The van der Waals surface area contributed by atoms with Crippen molar-refractivity contribution in [1.29, 1.82) is 0 Å². The first kappa shape index (κ1) is 15.0. The van der Waals surface area contributed by atoms with Gasteiger partial charge >= 0.3 is 5.97 Å². The molecule has 2 aromatic rings. The van der Waals surface area contributed by atoms with E-state index >= 15 is 0 Å². The molecule has 0 aliphatic carbocycles. The zero-order valence-corrected chi connectivity index (χ0v) is 13.4. The fraction of sp³-hybridized carbons (Fsp3) is 0.375. The van der Waals surface area contributed by atoms with E-state index in [2.05, 4.69) is 22.7 Å². The van der Waals surface area contributed by atoms with E-state index in [4.69, 9.17) is 9.47 Å². The van der Waals surface area contributed by atoms with Gasteiger partial charge in [0.25, 0.3) is 0 Å². The Balaban J connectivity index is 1.99. The summed E-state index contributed by atoms with van der Waals surface area (Å²) in [5.74, 6) is 1.49. The number of methoxy groups -OCH3 is 1. The van der Waals surface area contributed by atoms with Crippen LogP contribution in [0.3, 0.4) is 0 Å². The van der Waals surface area contributed by atoms with Crippen molar-refractivity contribution in [2.45, 2.75) is 18.4 Å². The lowest BCUT2D eigenvalue weighted by atomic mass is 10.1. The Morgan fingerprint density at radius 1 is 1.27 bits per heavy atom. The van der Waals surface area contributed by atoms with Crippen LogP contribution in [0.1, 0.15) is 12.5 Å². The van der Waals surface area contributed by atoms with E-state index < -0.39 is 0 Å². The van der Waals surface area contributed by atoms with Crippen LogP contribution in [-0.2, 0) is 16.0 Å². The van der Waals surface area contributed by atoms with Gasteiger partial charge in [-0.05, 0) is 24.1 Å². The number of fused-ring (bicyclic) bond motifs is 2. The predicted octanol–water partition coefficient (Wildman–Crippen LogP) is 2.83. The Bertz CT molecular complexity index is 717. The summed E-state index contributed by atoms with van der Waals surface area (Å²) >= 11 is 1.40. The first-order valence-corrected chi connectivity index (χ1v) is 8.12. The number of carbonyl (C=O) groups is 1. The Kier molecular flexibility index (Phi) is 4.38. The van der Waals surface area contributed by atoms with Crippen LogP contribution in [0, 0.1) is 0 Å². The molecule has 6 heteroatoms. The highest BCUT2D eigenvalue weighted by Gasteiger charge is 2.15. The number of pyridine rings is 1. The number of aryl methyl sites for hydroxylation is 1. The van der Waals surface area contributed by atoms with Crippen molar-refractivity contribution in [3.63, 3.8) is 0 Å². The number of carbonyl (C=O) groups excluding carboxylic acids is 1. The van der Waals surface area contributed by atoms with Gasteiger partial charge in [0.05, 0.1) is 18.4 Å². The van der Waals surface area contributed by atoms with Gasteiger partial charge in [0, 0.05) is 11.5 Å². The van der Waals surface area contributed by atoms with Crippen LogP contribution in [-0.4, -0.2) is 37.0 Å². The molecule has 2 heterocycles. The maximum absolute atomic E-state index is 11.3. The van der Waals surface area contributed by atoms with Crippen LogP contribution in [0.2, 0.25) is 0 Å². The molecule has 0 fully saturated rings. The SMILES string of the molecule is CCc1cc2cc3c(cc2nc1SCC(=O)OC)OCCO3. The molecule has 22 heavy (non-hydrogen) atoms. The highest BCUT2D eigenvalue weighted by Crippen LogP contribution is 2.35. The fourth-order valence-corrected chi connectivity index (χ4v) is 3.23. The zero-order chi connectivity index (χ0) is 15.5. The summed E-state index contributed by atoms with van der Waals surface area (Å²) in [6.45, 7) is 3.19. The predicted molar refractivity (Wildman–Crippen MR) is 84.9 cm³/mol. The summed E-state index contributed by atoms with van der Waals surface area (Å²) in [5, 5.41) is 1.88. The minimum Gasteiger partial charge on any atom is -0.486 e. The van der Waals surface area contributed by atoms with Gasteiger partial charge in [0.2, 0.25) is 0 Å². The van der Waals surface area contributed by atoms with E-state index in [1.54, 1.807) is 0 Å². The maximum Gasteiger partial charge on any atom is 0.316 e. The molecule has 0 spiro atoms. The number of hydrogen-bond acceptors (Lipinski definition) is 6. The van der Waals surface area contributed by atoms with Gasteiger partial charge in [-0.3, -0.25) is 4.79 Å². The molecule has 0 unspecified atom stereocenters. The summed E-state index contributed by atoms with van der Waals surface area (Å²) in [6.07, 6.45) is 0.848. The molecule has 1 aliphatic rings. The van der Waals surface area contributed by atoms with Crippen molar-refractivity contribution in [3.8, 4) is 11.5 Å². The van der Waals surface area contributed by atoms with Crippen LogP contribution in [0.5, 0.6) is 11.5 Å². The van der Waals surface area contributed by atoms with Gasteiger partial charge in [-0.25, -0.2) is 4.98 Å². The molecule has 0 amide bonds. The topological polar surface area (TPSA) is 57.7 Å². The van der Waals surface area contributed by atoms with Crippen molar-refractivity contribution >= 4 is 28.6 Å². The Hall–Kier alpha value is -1.95. The average Bonchev–Trinajstić information content (AvgIpc) is 2.56. The first-order chi connectivity index (χ1) is 10.7. The molecule has 0 bridgehead atoms. The number of aromatic nitrogens is 1. The van der Waals surface area contributed by atoms with Crippen LogP contribution >= 0.6 is 11.8 Å². The highest BCUT2D eigenvalue weighted by atomic mass is 32.2. The molecule has 0 saturated carbocycles. The normalized spacial score (nSPS) is 13.2. The summed E-state index contributed by atoms with van der Waals surface area (Å²) in [6, 6.07) is 5.95. The molecular weight excluding hydrogens is 302 g/mol. The van der Waals surface area contributed by atoms with Crippen molar-refractivity contribution in [2.24, 2.45) is 0 Å². The van der Waals surface area contributed by atoms with E-state index in [1.807, 2.05) is 12.1 Å². The zero-order valence-electron chi connectivity index (χ0n) is 12.5. The first-order valence-electron chi connectivity index (χ1n) is 7.14. The van der Waals surface area contributed by atoms with Gasteiger partial charge in [-0.2, -0.15) is 0 Å². The number of benzene rings is 1. The third-order valence-corrected chi connectivity index (χ3v) is 4.46. The smallest absolute Gasteiger partial charge is 0.316 e. The van der Waals surface area contributed by atoms with E-state index in [9.17, 15) is 4.79 Å². The molecule has 0 saturated heterocycles. The maximum atomic E-state index is 11.3. The molecule has 1 aliphatic heterocycles. The molecule has 5 nitrogen and oxygen atoms in total. The molecule has 0 radical (unpaired) electrons. The number of ether oxygens (including phenoxy) is 3. The van der Waals surface area contributed by atoms with Crippen molar-refractivity contribution < 1.29 is 19.0 Å². The van der Waals surface area contributed by atoms with Crippen LogP contribution in [0.15, 0.2) is 23.2 Å². The molecule has 116 valence electrons. The lowest BCUT2D eigenvalue weighted by molar-refractivity contribution is -0.137. The van der Waals surface area contributed by atoms with Crippen molar-refractivity contribution in [2.75, 3.05) is 26.1 Å². The third-order valence-electron chi connectivity index (χ3n) is 3.45. The molecule has 0 N–H and O–H groups in total. The number of rotatable bonds is 4. The lowest BCUT2D eigenvalue weighted by Gasteiger charge is -2.19. The quantitative estimate of drug-likeness (QED) is 0.638. The molecule has 0 atom stereocenters. The minimum atomic E-state index is -0.254. The van der Waals surface area contributed by atoms with Gasteiger partial charge in [0.15, 0.2) is 11.5 Å². The molecule has 1 aromatic carbocycles. The molecule has 3 rings (SSSR count). The summed E-state index contributed by atoms with van der Waals surface area (Å²) in [5.41, 5.74) is 1.95. The largest absolute Gasteiger partial charge is 0.486 e. The Labute approximate surface area is 133 Å². The van der Waals surface area contributed by atoms with Crippen molar-refractivity contribution in [1.82, 2.24) is 4.98 Å². The van der Waals surface area contributed by atoms with E-state index in [-0.39, 0.29) is 11.7 Å². The second-order valence-corrected chi connectivity index (χ2v) is 5.82. The Morgan fingerprint density at radius 2 is 2.00 bits per heavy atom. The van der Waals surface area contributed by atoms with Gasteiger partial charge < -0.3 is 14.2 Å². The summed E-state index contributed by atoms with van der Waals surface area (Å²) in [4.78, 5) is 16.0. The second kappa shape index (κ2) is 6.44. The third kappa shape index (κ3) is 2.97. The molecular formula is C16H17NO4S. The van der Waals surface area contributed by atoms with Crippen LogP contribution in [0.4, 0.5) is 0 Å². The van der Waals surface area contributed by atoms with Gasteiger partial charge in [-0.15, -0.1) is 0 Å². The number of thioether (sulfide) groups is 1. The number of esters is 1. The van der Waals surface area contributed by atoms with E-state index in [0.29, 0.717) is 13.2 Å². The van der Waals surface area contributed by atoms with E-state index in [0.717, 1.165) is 39.4 Å². The van der Waals surface area contributed by atoms with Crippen molar-refractivity contribution in [3.05, 3.63) is 23.8 Å². The summed E-state index contributed by atoms with van der Waals surface area (Å²) < 4.78 is 15.9. The molecule has 1 aromatic heterocycles. The Morgan fingerprint density at radius 3 is 2.68 bits per heavy atom. The number of hydrogen-bond donors (Lipinski definition) is 0. The van der Waals surface area contributed by atoms with E-state index in [1.165, 1.54) is 18.9 Å². The lowest BCUT2D eigenvalue weighted by Crippen LogP contribution is -2.15. The highest BCUT2D eigenvalue weighted by molar-refractivity contribution is 7.99. The van der Waals surface area contributed by atoms with Crippen LogP contribution < -0.4 is 9.47 Å². The summed E-state index contributed by atoms with van der Waals surface area (Å²) in [7, 11) is 1.39. The number of nitrogens with zero attached hydrogens (tertiary/aromatic N) is 1. The standard InChI is InChI=1S/C16H17NO4S/c1-3-10-6-11-7-13-14(21-5-4-20-13)8-12(11)17-16(10)22-9-15(18)19-2/h6-8H,3-5,9H2,1-2H3. The van der Waals surface area contributed by atoms with Crippen LogP contribution in [0.25, 0.3) is 10.9 Å². The average molecular weight is 319 g/mol. The minimum absolute atomic E-state index is 0.254. The second-order valence-electron chi connectivity index (χ2n) is 4.86. The monoisotopic (exact) mass is 319 g/mol. The fourth-order valence-electron chi connectivity index (χ4n) is 2.30. The van der Waals surface area contributed by atoms with Gasteiger partial charge in [-0.1, -0.05) is 18.7 Å². The van der Waals surface area contributed by atoms with Gasteiger partial charge in [0.1, 0.15) is 18.2 Å².